The van der Waals surface area contributed by atoms with Crippen molar-refractivity contribution in [1.29, 1.82) is 0 Å². The van der Waals surface area contributed by atoms with Crippen LogP contribution in [0.4, 0.5) is 5.82 Å². The maximum atomic E-state index is 6.72. The molecular weight excluding hydrogens is 526 g/mol. The molecule has 6 rings (SSSR count). The molecular formula is C33H37N7O2. The largest absolute Gasteiger partial charge is 0.382 e. The summed E-state index contributed by atoms with van der Waals surface area (Å²) in [5.41, 5.74) is 3.61. The summed E-state index contributed by atoms with van der Waals surface area (Å²) in [7, 11) is 5.59. The molecule has 0 saturated carbocycles. The highest BCUT2D eigenvalue weighted by Crippen LogP contribution is 2.41. The zero-order chi connectivity index (χ0) is 28.9. The molecule has 0 spiro atoms. The molecule has 42 heavy (non-hydrogen) atoms. The molecule has 3 aromatic carbocycles. The molecule has 0 aliphatic carbocycles. The number of ether oxygens (including phenoxy) is 2. The number of nitrogens with zero attached hydrogens (tertiary/aromatic N) is 5. The Morgan fingerprint density at radius 1 is 1.00 bits per heavy atom. The number of methoxy groups -OCH3 is 1. The van der Waals surface area contributed by atoms with Gasteiger partial charge in [0.25, 0.3) is 0 Å². The van der Waals surface area contributed by atoms with Crippen LogP contribution in [0.2, 0.25) is 0 Å². The Balaban J connectivity index is 1.39. The fourth-order valence-electron chi connectivity index (χ4n) is 5.94. The van der Waals surface area contributed by atoms with Crippen molar-refractivity contribution in [2.75, 3.05) is 33.1 Å². The Hall–Kier alpha value is -4.31. The van der Waals surface area contributed by atoms with Gasteiger partial charge in [-0.05, 0) is 16.7 Å². The zero-order valence-corrected chi connectivity index (χ0v) is 24.2. The molecule has 2 aliphatic heterocycles. The molecule has 0 bridgehead atoms. The van der Waals surface area contributed by atoms with Gasteiger partial charge >= 0.3 is 0 Å². The van der Waals surface area contributed by atoms with E-state index in [0.717, 1.165) is 28.2 Å². The van der Waals surface area contributed by atoms with Gasteiger partial charge in [0.05, 0.1) is 37.3 Å². The molecule has 1 fully saturated rings. The van der Waals surface area contributed by atoms with Crippen LogP contribution in [0.15, 0.2) is 107 Å². The van der Waals surface area contributed by atoms with Gasteiger partial charge < -0.3 is 19.7 Å². The van der Waals surface area contributed by atoms with Crippen LogP contribution in [0.3, 0.4) is 0 Å². The van der Waals surface area contributed by atoms with Crippen LogP contribution in [0, 0.1) is 0 Å². The summed E-state index contributed by atoms with van der Waals surface area (Å²) in [6.07, 6.45) is 5.09. The van der Waals surface area contributed by atoms with Gasteiger partial charge in [-0.2, -0.15) is 0 Å². The van der Waals surface area contributed by atoms with Crippen molar-refractivity contribution >= 4 is 18.5 Å². The molecule has 4 atom stereocenters. The maximum absolute atomic E-state index is 6.72. The van der Waals surface area contributed by atoms with E-state index in [-0.39, 0.29) is 18.4 Å². The van der Waals surface area contributed by atoms with E-state index < -0.39 is 11.7 Å². The molecule has 0 amide bonds. The Kier molecular flexibility index (Phi) is 8.14. The van der Waals surface area contributed by atoms with Crippen molar-refractivity contribution in [1.82, 2.24) is 19.8 Å². The van der Waals surface area contributed by atoms with E-state index in [0.29, 0.717) is 13.0 Å². The number of fused-ring (bicyclic) bond motifs is 1. The SMILES string of the molecule is COCC1OC(n2cnc3c2NC=NC3N=CN(C)C)CC1NC(c1ccccc1)(c1ccccc1)c1ccccc1. The highest BCUT2D eigenvalue weighted by Gasteiger charge is 2.45. The van der Waals surface area contributed by atoms with Crippen molar-refractivity contribution < 1.29 is 9.47 Å². The molecule has 4 unspecified atom stereocenters. The average molecular weight is 564 g/mol. The summed E-state index contributed by atoms with van der Waals surface area (Å²) in [6, 6.07) is 31.8. The first-order valence-electron chi connectivity index (χ1n) is 14.2. The number of aliphatic imine (C=N–C) groups is 2. The van der Waals surface area contributed by atoms with E-state index in [4.69, 9.17) is 14.5 Å². The molecule has 3 heterocycles. The van der Waals surface area contributed by atoms with Gasteiger partial charge in [0.15, 0.2) is 6.17 Å². The highest BCUT2D eigenvalue weighted by molar-refractivity contribution is 5.78. The van der Waals surface area contributed by atoms with Crippen molar-refractivity contribution in [2.24, 2.45) is 9.98 Å². The van der Waals surface area contributed by atoms with Crippen LogP contribution in [0.25, 0.3) is 0 Å². The lowest BCUT2D eigenvalue weighted by atomic mass is 9.76. The first-order chi connectivity index (χ1) is 20.6. The normalized spacial score (nSPS) is 21.8. The number of aromatic nitrogens is 2. The van der Waals surface area contributed by atoms with Gasteiger partial charge in [-0.1, -0.05) is 91.0 Å². The third-order valence-electron chi connectivity index (χ3n) is 7.82. The monoisotopic (exact) mass is 563 g/mol. The van der Waals surface area contributed by atoms with Crippen LogP contribution in [0.5, 0.6) is 0 Å². The number of rotatable bonds is 10. The summed E-state index contributed by atoms with van der Waals surface area (Å²) in [5.74, 6) is 0.841. The molecule has 2 aliphatic rings. The molecule has 9 nitrogen and oxygen atoms in total. The first-order valence-corrected chi connectivity index (χ1v) is 14.2. The van der Waals surface area contributed by atoms with Gasteiger partial charge in [0, 0.05) is 33.7 Å². The van der Waals surface area contributed by atoms with Gasteiger partial charge in [-0.3, -0.25) is 9.88 Å². The van der Waals surface area contributed by atoms with Crippen LogP contribution in [-0.4, -0.2) is 67.1 Å². The summed E-state index contributed by atoms with van der Waals surface area (Å²) in [4.78, 5) is 15.7. The predicted octanol–water partition coefficient (Wildman–Crippen LogP) is 4.81. The second-order valence-corrected chi connectivity index (χ2v) is 10.8. The van der Waals surface area contributed by atoms with Crippen molar-refractivity contribution in [3.05, 3.63) is 120 Å². The van der Waals surface area contributed by atoms with Crippen molar-refractivity contribution in [3.8, 4) is 0 Å². The minimum Gasteiger partial charge on any atom is -0.382 e. The standard InChI is InChI=1S/C33H37N7O2/c1-39(2)22-37-31-30-32(35-21-34-31)40(23-36-30)29-19-27(28(42-29)20-41-3)38-33(24-13-7-4-8-14-24,25-15-9-5-10-16-25)26-17-11-6-12-18-26/h4-18,21-23,27-29,31,38H,19-20H2,1-3H3,(H,34,35). The van der Waals surface area contributed by atoms with Crippen LogP contribution >= 0.6 is 0 Å². The zero-order valence-electron chi connectivity index (χ0n) is 24.2. The number of nitrogens with one attached hydrogen (secondary N) is 2. The van der Waals surface area contributed by atoms with E-state index in [1.54, 1.807) is 19.8 Å². The van der Waals surface area contributed by atoms with Gasteiger partial charge in [0.2, 0.25) is 0 Å². The first kappa shape index (κ1) is 27.8. The molecule has 2 N–H and O–H groups in total. The summed E-state index contributed by atoms with van der Waals surface area (Å²) < 4.78 is 14.5. The molecule has 4 aromatic rings. The summed E-state index contributed by atoms with van der Waals surface area (Å²) in [6.45, 7) is 0.449. The lowest BCUT2D eigenvalue weighted by Crippen LogP contribution is -2.53. The van der Waals surface area contributed by atoms with E-state index in [9.17, 15) is 0 Å². The van der Waals surface area contributed by atoms with Gasteiger partial charge in [0.1, 0.15) is 17.7 Å². The molecule has 216 valence electrons. The lowest BCUT2D eigenvalue weighted by molar-refractivity contribution is -0.0364. The second-order valence-electron chi connectivity index (χ2n) is 10.8. The fourth-order valence-corrected chi connectivity index (χ4v) is 5.94. The number of imidazole rings is 1. The van der Waals surface area contributed by atoms with Crippen LogP contribution in [0.1, 0.15) is 41.2 Å². The van der Waals surface area contributed by atoms with E-state index in [1.165, 1.54) is 0 Å². The van der Waals surface area contributed by atoms with E-state index in [2.05, 4.69) is 116 Å². The maximum Gasteiger partial charge on any atom is 0.188 e. The fraction of sp³-hybridized carbons (Fsp3) is 0.303. The smallest absolute Gasteiger partial charge is 0.188 e. The molecule has 1 aromatic heterocycles. The number of anilines is 1. The second kappa shape index (κ2) is 12.3. The van der Waals surface area contributed by atoms with Gasteiger partial charge in [-0.15, -0.1) is 0 Å². The minimum absolute atomic E-state index is 0.0477. The van der Waals surface area contributed by atoms with E-state index in [1.807, 2.05) is 25.3 Å². The predicted molar refractivity (Wildman–Crippen MR) is 166 cm³/mol. The lowest BCUT2D eigenvalue weighted by Gasteiger charge is -2.40. The third kappa shape index (κ3) is 5.34. The van der Waals surface area contributed by atoms with Crippen molar-refractivity contribution in [2.45, 2.75) is 36.5 Å². The van der Waals surface area contributed by atoms with Crippen LogP contribution in [-0.2, 0) is 15.0 Å². The molecule has 9 heteroatoms. The number of benzene rings is 3. The molecule has 0 radical (unpaired) electrons. The number of hydrogen-bond donors (Lipinski definition) is 2. The Morgan fingerprint density at radius 3 is 2.14 bits per heavy atom. The average Bonchev–Trinajstić information content (AvgIpc) is 3.64. The van der Waals surface area contributed by atoms with E-state index >= 15 is 0 Å². The Morgan fingerprint density at radius 2 is 1.60 bits per heavy atom. The topological polar surface area (TPSA) is 88.3 Å². The summed E-state index contributed by atoms with van der Waals surface area (Å²) in [5, 5.41) is 7.40. The third-order valence-corrected chi connectivity index (χ3v) is 7.82. The minimum atomic E-state index is -0.621. The van der Waals surface area contributed by atoms with Gasteiger partial charge in [-0.25, -0.2) is 15.0 Å². The molecule has 1 saturated heterocycles. The number of hydrogen-bond acceptors (Lipinski definition) is 7. The quantitative estimate of drug-likeness (QED) is 0.164. The Labute approximate surface area is 246 Å². The summed E-state index contributed by atoms with van der Waals surface area (Å²) >= 11 is 0. The van der Waals surface area contributed by atoms with Crippen LogP contribution < -0.4 is 10.6 Å². The van der Waals surface area contributed by atoms with Crippen molar-refractivity contribution in [3.63, 3.8) is 0 Å². The highest BCUT2D eigenvalue weighted by atomic mass is 16.5. The Bertz CT molecular complexity index is 1410.